The van der Waals surface area contributed by atoms with Crippen LogP contribution in [0.1, 0.15) is 22.3 Å². The van der Waals surface area contributed by atoms with E-state index in [0.717, 1.165) is 22.3 Å². The smallest absolute Gasteiger partial charge is 0.116 e. The van der Waals surface area contributed by atoms with Gasteiger partial charge in [-0.3, -0.25) is 0 Å². The highest BCUT2D eigenvalue weighted by Gasteiger charge is 2.31. The molecule has 0 spiro atoms. The first kappa shape index (κ1) is 26.5. The second-order valence-electron chi connectivity index (χ2n) is 8.81. The number of aliphatic hydroxyl groups excluding tert-OH is 1. The molecule has 0 aliphatic heterocycles. The highest BCUT2D eigenvalue weighted by Crippen LogP contribution is 2.20. The van der Waals surface area contributed by atoms with Gasteiger partial charge in [-0.25, -0.2) is 0 Å². The number of benzene rings is 4. The minimum Gasteiger partial charge on any atom is -0.394 e. The summed E-state index contributed by atoms with van der Waals surface area (Å²) in [6.07, 6.45) is 2.43. The third-order valence-corrected chi connectivity index (χ3v) is 6.03. The van der Waals surface area contributed by atoms with E-state index in [4.69, 9.17) is 14.2 Å². The van der Waals surface area contributed by atoms with Crippen molar-refractivity contribution < 1.29 is 19.3 Å². The lowest BCUT2D eigenvalue weighted by Crippen LogP contribution is -2.43. The fraction of sp³-hybridized carbons (Fsp3) is 0.212. The van der Waals surface area contributed by atoms with Gasteiger partial charge in [-0.05, 0) is 22.3 Å². The van der Waals surface area contributed by atoms with Gasteiger partial charge in [0.25, 0.3) is 0 Å². The van der Waals surface area contributed by atoms with Gasteiger partial charge in [-0.15, -0.1) is 0 Å². The predicted octanol–water partition coefficient (Wildman–Crippen LogP) is 6.45. The first-order valence-electron chi connectivity index (χ1n) is 12.6. The summed E-state index contributed by atoms with van der Waals surface area (Å²) in [6.45, 7) is 0.954. The second-order valence-corrected chi connectivity index (χ2v) is 8.81. The predicted molar refractivity (Wildman–Crippen MR) is 148 cm³/mol. The van der Waals surface area contributed by atoms with Gasteiger partial charge in [0.2, 0.25) is 0 Å². The molecule has 0 heterocycles. The van der Waals surface area contributed by atoms with Crippen molar-refractivity contribution in [2.75, 3.05) is 6.61 Å². The van der Waals surface area contributed by atoms with Gasteiger partial charge in [-0.1, -0.05) is 133 Å². The fourth-order valence-electron chi connectivity index (χ4n) is 4.01. The number of rotatable bonds is 14. The van der Waals surface area contributed by atoms with Crippen LogP contribution in [0, 0.1) is 0 Å². The van der Waals surface area contributed by atoms with Gasteiger partial charge in [0.15, 0.2) is 0 Å². The Morgan fingerprint density at radius 1 is 0.541 bits per heavy atom. The van der Waals surface area contributed by atoms with Crippen molar-refractivity contribution in [1.82, 2.24) is 0 Å². The second kappa shape index (κ2) is 14.9. The maximum Gasteiger partial charge on any atom is 0.116 e. The molecule has 0 aliphatic carbocycles. The molecular weight excluding hydrogens is 460 g/mol. The van der Waals surface area contributed by atoms with Crippen molar-refractivity contribution in [2.45, 2.75) is 38.1 Å². The zero-order valence-electron chi connectivity index (χ0n) is 20.9. The number of aliphatic hydroxyl groups is 1. The molecule has 0 fully saturated rings. The van der Waals surface area contributed by atoms with Crippen LogP contribution in [0.15, 0.2) is 127 Å². The summed E-state index contributed by atoms with van der Waals surface area (Å²) in [4.78, 5) is 0. The Morgan fingerprint density at radius 3 is 1.46 bits per heavy atom. The zero-order valence-corrected chi connectivity index (χ0v) is 20.9. The molecule has 0 saturated carbocycles. The molecule has 0 aromatic heterocycles. The zero-order chi connectivity index (χ0) is 25.5. The van der Waals surface area contributed by atoms with Gasteiger partial charge in [0.1, 0.15) is 18.3 Å². The van der Waals surface area contributed by atoms with E-state index in [9.17, 15) is 5.11 Å². The van der Waals surface area contributed by atoms with E-state index in [-0.39, 0.29) is 6.61 Å². The number of ether oxygens (including phenoxy) is 3. The standard InChI is InChI=1S/C33H34O4/c34-23-32(36-25-29-17-9-3-10-18-29)33(37-26-30-19-11-4-12-20-30)31(22-21-27-13-5-1-6-14-27)35-24-28-15-7-2-8-16-28/h1-22,31-34H,23-26H2/t31?,32-,33?/m1/s1. The first-order valence-corrected chi connectivity index (χ1v) is 12.6. The van der Waals surface area contributed by atoms with E-state index in [1.807, 2.05) is 133 Å². The van der Waals surface area contributed by atoms with Crippen LogP contribution >= 0.6 is 0 Å². The molecule has 3 atom stereocenters. The van der Waals surface area contributed by atoms with Gasteiger partial charge in [0, 0.05) is 0 Å². The average Bonchev–Trinajstić information content (AvgIpc) is 2.97. The van der Waals surface area contributed by atoms with Crippen LogP contribution in [0.3, 0.4) is 0 Å². The Balaban J connectivity index is 1.58. The van der Waals surface area contributed by atoms with E-state index < -0.39 is 18.3 Å². The van der Waals surface area contributed by atoms with E-state index in [1.165, 1.54) is 0 Å². The topological polar surface area (TPSA) is 47.9 Å². The van der Waals surface area contributed by atoms with Crippen LogP contribution in [-0.2, 0) is 34.0 Å². The minimum atomic E-state index is -0.592. The molecular formula is C33H34O4. The molecule has 0 aliphatic rings. The largest absolute Gasteiger partial charge is 0.394 e. The van der Waals surface area contributed by atoms with Crippen molar-refractivity contribution in [2.24, 2.45) is 0 Å². The lowest BCUT2D eigenvalue weighted by molar-refractivity contribution is -0.149. The van der Waals surface area contributed by atoms with Crippen molar-refractivity contribution >= 4 is 6.08 Å². The van der Waals surface area contributed by atoms with Gasteiger partial charge in [-0.2, -0.15) is 0 Å². The molecule has 4 aromatic carbocycles. The summed E-state index contributed by atoms with van der Waals surface area (Å²) in [5, 5.41) is 10.4. The normalized spacial score (nSPS) is 13.9. The van der Waals surface area contributed by atoms with Crippen LogP contribution in [-0.4, -0.2) is 30.0 Å². The molecule has 0 amide bonds. The highest BCUT2D eigenvalue weighted by atomic mass is 16.6. The van der Waals surface area contributed by atoms with Crippen LogP contribution in [0.2, 0.25) is 0 Å². The monoisotopic (exact) mass is 494 g/mol. The molecule has 37 heavy (non-hydrogen) atoms. The summed E-state index contributed by atoms with van der Waals surface area (Å²) in [5.41, 5.74) is 4.20. The SMILES string of the molecule is OC[C@@H](OCc1ccccc1)C(OCc1ccccc1)C(C=Cc1ccccc1)OCc1ccccc1. The molecule has 4 nitrogen and oxygen atoms in total. The molecule has 4 aromatic rings. The first-order chi connectivity index (χ1) is 18.3. The summed E-state index contributed by atoms with van der Waals surface area (Å²) in [6, 6.07) is 40.1. The fourth-order valence-corrected chi connectivity index (χ4v) is 4.01. The third-order valence-electron chi connectivity index (χ3n) is 6.03. The van der Waals surface area contributed by atoms with Gasteiger partial charge in [0.05, 0.1) is 26.4 Å². The van der Waals surface area contributed by atoms with Crippen molar-refractivity contribution in [3.05, 3.63) is 150 Å². The van der Waals surface area contributed by atoms with Crippen molar-refractivity contribution in [1.29, 1.82) is 0 Å². The van der Waals surface area contributed by atoms with Gasteiger partial charge < -0.3 is 19.3 Å². The Morgan fingerprint density at radius 2 is 0.973 bits per heavy atom. The molecule has 1 N–H and O–H groups in total. The third kappa shape index (κ3) is 8.81. The number of hydrogen-bond donors (Lipinski definition) is 1. The summed E-state index contributed by atoms with van der Waals surface area (Å²) >= 11 is 0. The van der Waals surface area contributed by atoms with E-state index in [2.05, 4.69) is 0 Å². The van der Waals surface area contributed by atoms with Gasteiger partial charge >= 0.3 is 0 Å². The minimum absolute atomic E-state index is 0.198. The number of hydrogen-bond acceptors (Lipinski definition) is 4. The van der Waals surface area contributed by atoms with E-state index in [0.29, 0.717) is 19.8 Å². The maximum atomic E-state index is 10.4. The van der Waals surface area contributed by atoms with Crippen molar-refractivity contribution in [3.8, 4) is 0 Å². The van der Waals surface area contributed by atoms with E-state index in [1.54, 1.807) is 0 Å². The van der Waals surface area contributed by atoms with Crippen molar-refractivity contribution in [3.63, 3.8) is 0 Å². The summed E-state index contributed by atoms with van der Waals surface area (Å²) < 4.78 is 19.1. The molecule has 4 rings (SSSR count). The van der Waals surface area contributed by atoms with Crippen LogP contribution in [0.4, 0.5) is 0 Å². The molecule has 0 saturated heterocycles. The summed E-state index contributed by atoms with van der Waals surface area (Å²) in [5.74, 6) is 0. The molecule has 190 valence electrons. The molecule has 4 heteroatoms. The Kier molecular flexibility index (Phi) is 10.7. The summed E-state index contributed by atoms with van der Waals surface area (Å²) in [7, 11) is 0. The Hall–Kier alpha value is -3.54. The van der Waals surface area contributed by atoms with Crippen LogP contribution in [0.25, 0.3) is 6.08 Å². The van der Waals surface area contributed by atoms with Crippen LogP contribution < -0.4 is 0 Å². The Bertz CT molecular complexity index is 1160. The highest BCUT2D eigenvalue weighted by molar-refractivity contribution is 5.49. The molecule has 2 unspecified atom stereocenters. The quantitative estimate of drug-likeness (QED) is 0.219. The van der Waals surface area contributed by atoms with E-state index >= 15 is 0 Å². The maximum absolute atomic E-state index is 10.4. The Labute approximate surface area is 219 Å². The molecule has 0 radical (unpaired) electrons. The average molecular weight is 495 g/mol. The van der Waals surface area contributed by atoms with Crippen LogP contribution in [0.5, 0.6) is 0 Å². The molecule has 0 bridgehead atoms. The lowest BCUT2D eigenvalue weighted by Gasteiger charge is -2.31. The lowest BCUT2D eigenvalue weighted by atomic mass is 10.0.